The monoisotopic (exact) mass is 351 g/mol. The molecule has 1 aromatic heterocycles. The predicted octanol–water partition coefficient (Wildman–Crippen LogP) is 1.78. The molecule has 0 radical (unpaired) electrons. The van der Waals surface area contributed by atoms with Gasteiger partial charge in [0.25, 0.3) is 0 Å². The zero-order valence-electron chi connectivity index (χ0n) is 14.0. The summed E-state index contributed by atoms with van der Waals surface area (Å²) in [5.41, 5.74) is -1.73. The molecule has 0 aliphatic heterocycles. The molecular weight excluding hydrogens is 332 g/mol. The van der Waals surface area contributed by atoms with E-state index in [1.165, 1.54) is 18.3 Å². The number of thiophene rings is 1. The van der Waals surface area contributed by atoms with Gasteiger partial charge in [0.15, 0.2) is 11.5 Å². The number of fused-ring (bicyclic) bond motifs is 1. The third-order valence-electron chi connectivity index (χ3n) is 3.78. The number of carboxylic acid groups (broad SMARTS) is 1. The van der Waals surface area contributed by atoms with Crippen molar-refractivity contribution in [3.05, 3.63) is 23.1 Å². The molecule has 1 atom stereocenters. The topological polar surface area (TPSA) is 84.9 Å². The zero-order chi connectivity index (χ0) is 17.9. The predicted molar refractivity (Wildman–Crippen MR) is 88.4 cm³/mol. The van der Waals surface area contributed by atoms with E-state index in [0.29, 0.717) is 11.5 Å². The van der Waals surface area contributed by atoms with Crippen LogP contribution in [0.5, 0.6) is 11.5 Å². The Labute approximate surface area is 143 Å². The Hall–Kier alpha value is -2.28. The molecule has 0 aliphatic carbocycles. The number of carboxylic acids is 1. The van der Waals surface area contributed by atoms with E-state index < -0.39 is 17.4 Å². The van der Waals surface area contributed by atoms with Gasteiger partial charge >= 0.3 is 5.97 Å². The van der Waals surface area contributed by atoms with Crippen molar-refractivity contribution in [1.29, 1.82) is 0 Å². The number of hydrogen-bond acceptors (Lipinski definition) is 7. The van der Waals surface area contributed by atoms with E-state index in [0.717, 1.165) is 15.0 Å². The van der Waals surface area contributed by atoms with Gasteiger partial charge in [-0.2, -0.15) is 0 Å². The summed E-state index contributed by atoms with van der Waals surface area (Å²) in [7, 11) is 3.09. The van der Waals surface area contributed by atoms with E-state index in [1.807, 2.05) is 18.2 Å². The van der Waals surface area contributed by atoms with Crippen LogP contribution in [-0.4, -0.2) is 32.8 Å². The van der Waals surface area contributed by atoms with Crippen LogP contribution in [0.4, 0.5) is 0 Å². The van der Waals surface area contributed by atoms with Gasteiger partial charge in [-0.05, 0) is 31.4 Å². The molecule has 1 heterocycles. The molecule has 0 amide bonds. The van der Waals surface area contributed by atoms with Gasteiger partial charge in [-0.15, -0.1) is 11.3 Å². The molecule has 0 N–H and O–H groups in total. The molecule has 2 aromatic rings. The Kier molecular flexibility index (Phi) is 5.33. The number of rotatable bonds is 7. The van der Waals surface area contributed by atoms with Crippen LogP contribution in [0.25, 0.3) is 10.1 Å². The van der Waals surface area contributed by atoms with Gasteiger partial charge in [-0.1, -0.05) is 0 Å². The summed E-state index contributed by atoms with van der Waals surface area (Å²) in [6.07, 6.45) is -0.00184. The first kappa shape index (κ1) is 18.1. The number of esters is 1. The van der Waals surface area contributed by atoms with Crippen molar-refractivity contribution < 1.29 is 28.9 Å². The Balaban J connectivity index is 2.41. The Morgan fingerprint density at radius 3 is 2.33 bits per heavy atom. The maximum Gasteiger partial charge on any atom is 0.317 e. The second kappa shape index (κ2) is 7.09. The summed E-state index contributed by atoms with van der Waals surface area (Å²) in [4.78, 5) is 24.3. The number of carbonyl (C=O) groups excluding carboxylic acids is 2. The second-order valence-corrected chi connectivity index (χ2v) is 6.64. The normalized spacial score (nSPS) is 13.3. The fourth-order valence-electron chi connectivity index (χ4n) is 2.38. The summed E-state index contributed by atoms with van der Waals surface area (Å²) >= 11 is 1.39. The number of methoxy groups -OCH3 is 2. The first-order chi connectivity index (χ1) is 11.3. The Morgan fingerprint density at radius 1 is 1.17 bits per heavy atom. The molecule has 6 nitrogen and oxygen atoms in total. The van der Waals surface area contributed by atoms with Crippen molar-refractivity contribution in [3.8, 4) is 11.5 Å². The van der Waals surface area contributed by atoms with Crippen molar-refractivity contribution in [2.24, 2.45) is 5.41 Å². The van der Waals surface area contributed by atoms with Crippen molar-refractivity contribution in [2.45, 2.75) is 20.3 Å². The highest BCUT2D eigenvalue weighted by atomic mass is 32.1. The van der Waals surface area contributed by atoms with E-state index in [-0.39, 0.29) is 13.0 Å². The molecule has 1 unspecified atom stereocenters. The third-order valence-corrected chi connectivity index (χ3v) is 4.88. The van der Waals surface area contributed by atoms with Crippen LogP contribution >= 0.6 is 11.3 Å². The summed E-state index contributed by atoms with van der Waals surface area (Å²) < 4.78 is 16.3. The SMILES string of the molecule is CCOC(=O)C(C)(Cc1cc2cc(OC)c(OC)cc2s1)C(=O)[O-]. The average Bonchev–Trinajstić information content (AvgIpc) is 2.93. The van der Waals surface area contributed by atoms with Crippen LogP contribution in [0.15, 0.2) is 18.2 Å². The van der Waals surface area contributed by atoms with E-state index in [4.69, 9.17) is 14.2 Å². The molecule has 7 heteroatoms. The lowest BCUT2D eigenvalue weighted by Gasteiger charge is -2.27. The number of hydrogen-bond donors (Lipinski definition) is 0. The van der Waals surface area contributed by atoms with Gasteiger partial charge in [-0.3, -0.25) is 4.79 Å². The molecule has 130 valence electrons. The molecule has 0 saturated heterocycles. The van der Waals surface area contributed by atoms with Crippen LogP contribution in [0.2, 0.25) is 0 Å². The van der Waals surface area contributed by atoms with E-state index in [2.05, 4.69) is 0 Å². The average molecular weight is 351 g/mol. The van der Waals surface area contributed by atoms with Crippen molar-refractivity contribution >= 4 is 33.4 Å². The zero-order valence-corrected chi connectivity index (χ0v) is 14.8. The van der Waals surface area contributed by atoms with Gasteiger partial charge in [0.1, 0.15) is 5.41 Å². The summed E-state index contributed by atoms with van der Waals surface area (Å²) in [5, 5.41) is 12.4. The molecule has 0 aliphatic rings. The summed E-state index contributed by atoms with van der Waals surface area (Å²) in [6, 6.07) is 5.47. The van der Waals surface area contributed by atoms with Gasteiger partial charge in [-0.25, -0.2) is 0 Å². The van der Waals surface area contributed by atoms with Crippen molar-refractivity contribution in [1.82, 2.24) is 0 Å². The molecule has 24 heavy (non-hydrogen) atoms. The van der Waals surface area contributed by atoms with Gasteiger partial charge < -0.3 is 24.1 Å². The molecular formula is C17H19O6S-. The first-order valence-electron chi connectivity index (χ1n) is 7.38. The molecule has 0 fully saturated rings. The molecule has 0 saturated carbocycles. The van der Waals surface area contributed by atoms with Crippen LogP contribution in [0.3, 0.4) is 0 Å². The highest BCUT2D eigenvalue weighted by Gasteiger charge is 2.37. The Bertz CT molecular complexity index is 725. The highest BCUT2D eigenvalue weighted by Crippen LogP contribution is 2.38. The number of benzene rings is 1. The molecule has 0 bridgehead atoms. The molecule has 0 spiro atoms. The lowest BCUT2D eigenvalue weighted by atomic mass is 9.86. The molecule has 2 rings (SSSR count). The third kappa shape index (κ3) is 3.31. The van der Waals surface area contributed by atoms with E-state index >= 15 is 0 Å². The van der Waals surface area contributed by atoms with E-state index in [1.54, 1.807) is 21.1 Å². The highest BCUT2D eigenvalue weighted by molar-refractivity contribution is 7.19. The maximum absolute atomic E-state index is 12.0. The van der Waals surface area contributed by atoms with Gasteiger partial charge in [0.2, 0.25) is 0 Å². The standard InChI is InChI=1S/C17H20O6S/c1-5-23-16(20)17(2,15(18)19)9-11-6-10-7-12(21-3)13(22-4)8-14(10)24-11/h6-8H,5,9H2,1-4H3,(H,18,19)/p-1. The van der Waals surface area contributed by atoms with Crippen molar-refractivity contribution in [2.75, 3.05) is 20.8 Å². The van der Waals surface area contributed by atoms with Crippen LogP contribution in [0.1, 0.15) is 18.7 Å². The number of ether oxygens (including phenoxy) is 3. The lowest BCUT2D eigenvalue weighted by Crippen LogP contribution is -2.48. The maximum atomic E-state index is 12.0. The van der Waals surface area contributed by atoms with Gasteiger partial charge in [0, 0.05) is 22.1 Å². The van der Waals surface area contributed by atoms with Crippen LogP contribution < -0.4 is 14.6 Å². The van der Waals surface area contributed by atoms with E-state index in [9.17, 15) is 14.7 Å². The largest absolute Gasteiger partial charge is 0.549 e. The van der Waals surface area contributed by atoms with Crippen LogP contribution in [-0.2, 0) is 20.7 Å². The quantitative estimate of drug-likeness (QED) is 0.558. The first-order valence-corrected chi connectivity index (χ1v) is 8.20. The fourth-order valence-corrected chi connectivity index (χ4v) is 3.61. The minimum atomic E-state index is -1.73. The van der Waals surface area contributed by atoms with Crippen LogP contribution in [0, 0.1) is 5.41 Å². The summed E-state index contributed by atoms with van der Waals surface area (Å²) in [6.45, 7) is 3.07. The number of aliphatic carboxylic acids is 1. The fraction of sp³-hybridized carbons (Fsp3) is 0.412. The minimum absolute atomic E-state index is 0.00184. The minimum Gasteiger partial charge on any atom is -0.549 e. The van der Waals surface area contributed by atoms with Gasteiger partial charge in [0.05, 0.1) is 26.8 Å². The lowest BCUT2D eigenvalue weighted by molar-refractivity contribution is -0.317. The second-order valence-electron chi connectivity index (χ2n) is 5.47. The molecule has 1 aromatic carbocycles. The summed E-state index contributed by atoms with van der Waals surface area (Å²) in [5.74, 6) is -1.07. The van der Waals surface area contributed by atoms with Crippen molar-refractivity contribution in [3.63, 3.8) is 0 Å². The smallest absolute Gasteiger partial charge is 0.317 e. The Morgan fingerprint density at radius 2 is 1.79 bits per heavy atom. The number of carbonyl (C=O) groups is 2.